The second-order valence-corrected chi connectivity index (χ2v) is 4.20. The van der Waals surface area contributed by atoms with E-state index in [1.807, 2.05) is 13.0 Å². The smallest absolute Gasteiger partial charge is 0.260 e. The predicted molar refractivity (Wildman–Crippen MR) is 72.1 cm³/mol. The van der Waals surface area contributed by atoms with E-state index in [9.17, 15) is 9.59 Å². The van der Waals surface area contributed by atoms with Crippen molar-refractivity contribution in [3.05, 3.63) is 48.6 Å². The van der Waals surface area contributed by atoms with Gasteiger partial charge < -0.3 is 0 Å². The van der Waals surface area contributed by atoms with E-state index in [0.29, 0.717) is 18.4 Å². The molecule has 0 aliphatic heterocycles. The standard InChI is InChI=1S/C15H19NO2/c1-4-9-12(5-2)14(17)16(3)15(18)13-10-7-6-8-11-13/h4,6-8,10-12H,1,5,9H2,2-3H3/t12-/m0/s1. The summed E-state index contributed by atoms with van der Waals surface area (Å²) >= 11 is 0. The molecule has 1 rings (SSSR count). The molecular formula is C15H19NO2. The molecule has 0 spiro atoms. The number of carbonyl (C=O) groups excluding carboxylic acids is 2. The lowest BCUT2D eigenvalue weighted by Crippen LogP contribution is -2.37. The van der Waals surface area contributed by atoms with Crippen LogP contribution in [0.25, 0.3) is 0 Å². The molecular weight excluding hydrogens is 226 g/mol. The van der Waals surface area contributed by atoms with Crippen LogP contribution in [0.1, 0.15) is 30.1 Å². The largest absolute Gasteiger partial charge is 0.281 e. The molecule has 0 heterocycles. The van der Waals surface area contributed by atoms with Crippen molar-refractivity contribution in [2.45, 2.75) is 19.8 Å². The minimum atomic E-state index is -0.261. The Morgan fingerprint density at radius 2 is 1.94 bits per heavy atom. The second kappa shape index (κ2) is 6.74. The van der Waals surface area contributed by atoms with Gasteiger partial charge in [-0.05, 0) is 25.0 Å². The molecule has 0 unspecified atom stereocenters. The molecule has 0 N–H and O–H groups in total. The number of nitrogens with zero attached hydrogens (tertiary/aromatic N) is 1. The first-order valence-corrected chi connectivity index (χ1v) is 6.09. The lowest BCUT2D eigenvalue weighted by molar-refractivity contribution is -0.131. The molecule has 3 nitrogen and oxygen atoms in total. The zero-order valence-electron chi connectivity index (χ0n) is 10.9. The monoisotopic (exact) mass is 245 g/mol. The second-order valence-electron chi connectivity index (χ2n) is 4.20. The van der Waals surface area contributed by atoms with E-state index in [2.05, 4.69) is 6.58 Å². The van der Waals surface area contributed by atoms with Crippen molar-refractivity contribution < 1.29 is 9.59 Å². The van der Waals surface area contributed by atoms with Crippen molar-refractivity contribution in [3.8, 4) is 0 Å². The van der Waals surface area contributed by atoms with Crippen molar-refractivity contribution in [1.82, 2.24) is 4.90 Å². The molecule has 1 atom stereocenters. The van der Waals surface area contributed by atoms with Crippen LogP contribution in [-0.4, -0.2) is 23.8 Å². The number of benzene rings is 1. The average molecular weight is 245 g/mol. The van der Waals surface area contributed by atoms with E-state index >= 15 is 0 Å². The van der Waals surface area contributed by atoms with Crippen molar-refractivity contribution in [3.63, 3.8) is 0 Å². The first-order valence-electron chi connectivity index (χ1n) is 6.09. The minimum Gasteiger partial charge on any atom is -0.281 e. The summed E-state index contributed by atoms with van der Waals surface area (Å²) in [4.78, 5) is 25.4. The Kier molecular flexibility index (Phi) is 5.31. The Labute approximate surface area is 108 Å². The average Bonchev–Trinajstić information content (AvgIpc) is 2.43. The summed E-state index contributed by atoms with van der Waals surface area (Å²) in [6, 6.07) is 8.82. The van der Waals surface area contributed by atoms with Gasteiger partial charge in [-0.15, -0.1) is 6.58 Å². The van der Waals surface area contributed by atoms with Crippen LogP contribution in [0, 0.1) is 5.92 Å². The van der Waals surface area contributed by atoms with Crippen LogP contribution in [0.5, 0.6) is 0 Å². The van der Waals surface area contributed by atoms with Crippen molar-refractivity contribution in [1.29, 1.82) is 0 Å². The fourth-order valence-corrected chi connectivity index (χ4v) is 1.79. The molecule has 0 saturated heterocycles. The lowest BCUT2D eigenvalue weighted by atomic mass is 10.0. The normalized spacial score (nSPS) is 11.7. The summed E-state index contributed by atoms with van der Waals surface area (Å²) in [5.74, 6) is -0.575. The van der Waals surface area contributed by atoms with Gasteiger partial charge in [0, 0.05) is 18.5 Å². The van der Waals surface area contributed by atoms with Gasteiger partial charge in [0.15, 0.2) is 0 Å². The molecule has 1 aromatic carbocycles. The molecule has 0 aliphatic rings. The van der Waals surface area contributed by atoms with E-state index in [1.165, 1.54) is 11.9 Å². The van der Waals surface area contributed by atoms with Gasteiger partial charge in [-0.25, -0.2) is 0 Å². The number of imide groups is 1. The van der Waals surface area contributed by atoms with Crippen LogP contribution in [-0.2, 0) is 4.79 Å². The number of hydrogen-bond donors (Lipinski definition) is 0. The maximum atomic E-state index is 12.1. The number of allylic oxidation sites excluding steroid dienone is 1. The number of rotatable bonds is 5. The van der Waals surface area contributed by atoms with Gasteiger partial charge in [0.1, 0.15) is 0 Å². The molecule has 18 heavy (non-hydrogen) atoms. The topological polar surface area (TPSA) is 37.4 Å². The molecule has 96 valence electrons. The molecule has 0 radical (unpaired) electrons. The molecule has 2 amide bonds. The van der Waals surface area contributed by atoms with E-state index in [4.69, 9.17) is 0 Å². The van der Waals surface area contributed by atoms with Crippen LogP contribution in [0.2, 0.25) is 0 Å². The Hall–Kier alpha value is -1.90. The van der Waals surface area contributed by atoms with E-state index < -0.39 is 0 Å². The van der Waals surface area contributed by atoms with Gasteiger partial charge in [-0.2, -0.15) is 0 Å². The number of hydrogen-bond acceptors (Lipinski definition) is 2. The molecule has 0 aliphatic carbocycles. The van der Waals surface area contributed by atoms with E-state index in [0.717, 1.165) is 0 Å². The van der Waals surface area contributed by atoms with Crippen LogP contribution in [0.3, 0.4) is 0 Å². The molecule has 1 aromatic rings. The third-order valence-electron chi connectivity index (χ3n) is 2.95. The lowest BCUT2D eigenvalue weighted by Gasteiger charge is -2.20. The molecule has 0 aromatic heterocycles. The van der Waals surface area contributed by atoms with Gasteiger partial charge in [-0.1, -0.05) is 31.2 Å². The van der Waals surface area contributed by atoms with Crippen molar-refractivity contribution in [2.24, 2.45) is 5.92 Å². The Bertz CT molecular complexity index is 425. The first-order chi connectivity index (χ1) is 8.61. The van der Waals surface area contributed by atoms with Crippen LogP contribution in [0.15, 0.2) is 43.0 Å². The summed E-state index contributed by atoms with van der Waals surface area (Å²) in [5, 5.41) is 0. The third kappa shape index (κ3) is 3.29. The zero-order chi connectivity index (χ0) is 13.5. The molecule has 3 heteroatoms. The highest BCUT2D eigenvalue weighted by molar-refractivity contribution is 6.04. The molecule has 0 saturated carbocycles. The quantitative estimate of drug-likeness (QED) is 0.748. The summed E-state index contributed by atoms with van der Waals surface area (Å²) in [6.07, 6.45) is 3.02. The predicted octanol–water partition coefficient (Wildman–Crippen LogP) is 2.89. The summed E-state index contributed by atoms with van der Waals surface area (Å²) in [5.41, 5.74) is 0.529. The highest BCUT2D eigenvalue weighted by atomic mass is 16.2. The van der Waals surface area contributed by atoms with Crippen molar-refractivity contribution in [2.75, 3.05) is 7.05 Å². The molecule has 0 fully saturated rings. The SMILES string of the molecule is C=CC[C@H](CC)C(=O)N(C)C(=O)c1ccccc1. The van der Waals surface area contributed by atoms with Gasteiger partial charge in [-0.3, -0.25) is 14.5 Å². The van der Waals surface area contributed by atoms with Gasteiger partial charge in [0.25, 0.3) is 5.91 Å². The van der Waals surface area contributed by atoms with Gasteiger partial charge in [0.2, 0.25) is 5.91 Å². The first kappa shape index (κ1) is 14.2. The third-order valence-corrected chi connectivity index (χ3v) is 2.95. The maximum Gasteiger partial charge on any atom is 0.260 e. The fourth-order valence-electron chi connectivity index (χ4n) is 1.79. The fraction of sp³-hybridized carbons (Fsp3) is 0.333. The molecule has 0 bridgehead atoms. The number of carbonyl (C=O) groups is 2. The summed E-state index contributed by atoms with van der Waals surface area (Å²) in [6.45, 7) is 5.57. The number of amides is 2. The summed E-state index contributed by atoms with van der Waals surface area (Å²) in [7, 11) is 1.53. The van der Waals surface area contributed by atoms with Crippen molar-refractivity contribution >= 4 is 11.8 Å². The highest BCUT2D eigenvalue weighted by Gasteiger charge is 2.24. The van der Waals surface area contributed by atoms with E-state index in [-0.39, 0.29) is 17.7 Å². The highest BCUT2D eigenvalue weighted by Crippen LogP contribution is 2.14. The van der Waals surface area contributed by atoms with Gasteiger partial charge in [0.05, 0.1) is 0 Å². The Morgan fingerprint density at radius 1 is 1.33 bits per heavy atom. The minimum absolute atomic E-state index is 0.147. The van der Waals surface area contributed by atoms with E-state index in [1.54, 1.807) is 30.3 Å². The Balaban J connectivity index is 2.80. The van der Waals surface area contributed by atoms with Crippen LogP contribution < -0.4 is 0 Å². The van der Waals surface area contributed by atoms with Crippen LogP contribution in [0.4, 0.5) is 0 Å². The summed E-state index contributed by atoms with van der Waals surface area (Å²) < 4.78 is 0. The maximum absolute atomic E-state index is 12.1. The van der Waals surface area contributed by atoms with Gasteiger partial charge >= 0.3 is 0 Å². The zero-order valence-corrected chi connectivity index (χ0v) is 10.9. The van der Waals surface area contributed by atoms with Crippen LogP contribution >= 0.6 is 0 Å². The Morgan fingerprint density at radius 3 is 2.44 bits per heavy atom.